The van der Waals surface area contributed by atoms with E-state index in [1.165, 1.54) is 6.08 Å². The van der Waals surface area contributed by atoms with Gasteiger partial charge in [-0.15, -0.1) is 0 Å². The molecule has 0 aliphatic carbocycles. The Bertz CT molecular complexity index is 238. The maximum Gasteiger partial charge on any atom is 0.324 e. The molecule has 0 aromatic carbocycles. The molecule has 0 spiro atoms. The van der Waals surface area contributed by atoms with E-state index in [-0.39, 0.29) is 6.54 Å². The van der Waals surface area contributed by atoms with E-state index in [1.807, 2.05) is 6.92 Å². The van der Waals surface area contributed by atoms with Crippen LogP contribution in [0.15, 0.2) is 12.2 Å². The Balaban J connectivity index is 3.98. The highest BCUT2D eigenvalue weighted by molar-refractivity contribution is 5.77. The van der Waals surface area contributed by atoms with E-state index in [1.54, 1.807) is 6.08 Å². The third-order valence-corrected chi connectivity index (χ3v) is 1.79. The lowest BCUT2D eigenvalue weighted by molar-refractivity contribution is -0.139. The number of carboxylic acids is 2. The normalized spacial score (nSPS) is 12.9. The average molecular weight is 215 g/mol. The lowest BCUT2D eigenvalue weighted by Gasteiger charge is -2.07. The highest BCUT2D eigenvalue weighted by Crippen LogP contribution is 1.97. The van der Waals surface area contributed by atoms with E-state index >= 15 is 0 Å². The van der Waals surface area contributed by atoms with Crippen molar-refractivity contribution in [2.45, 2.75) is 32.2 Å². The smallest absolute Gasteiger partial charge is 0.324 e. The number of rotatable bonds is 8. The van der Waals surface area contributed by atoms with Crippen molar-refractivity contribution in [1.82, 2.24) is 5.32 Å². The van der Waals surface area contributed by atoms with Gasteiger partial charge in [0.2, 0.25) is 0 Å². The van der Waals surface area contributed by atoms with Crippen molar-refractivity contribution in [2.24, 2.45) is 0 Å². The first-order valence-corrected chi connectivity index (χ1v) is 4.92. The zero-order valence-corrected chi connectivity index (χ0v) is 8.77. The van der Waals surface area contributed by atoms with Crippen molar-refractivity contribution in [2.75, 3.05) is 6.54 Å². The molecule has 0 fully saturated rings. The molecule has 0 rings (SSSR count). The SMILES string of the molecule is CCCC/C=C/C(NCC(=O)O)C(=O)O. The summed E-state index contributed by atoms with van der Waals surface area (Å²) in [6.07, 6.45) is 6.11. The fourth-order valence-electron chi connectivity index (χ4n) is 0.989. The van der Waals surface area contributed by atoms with E-state index in [2.05, 4.69) is 5.32 Å². The lowest BCUT2D eigenvalue weighted by Crippen LogP contribution is -2.38. The first-order valence-electron chi connectivity index (χ1n) is 4.92. The van der Waals surface area contributed by atoms with Gasteiger partial charge in [-0.1, -0.05) is 31.9 Å². The lowest BCUT2D eigenvalue weighted by atomic mass is 10.2. The Labute approximate surface area is 88.8 Å². The van der Waals surface area contributed by atoms with Crippen LogP contribution in [0, 0.1) is 0 Å². The largest absolute Gasteiger partial charge is 0.480 e. The summed E-state index contributed by atoms with van der Waals surface area (Å²) in [5.74, 6) is -2.13. The molecular formula is C10H17NO4. The molecule has 0 aromatic rings. The Hall–Kier alpha value is -1.36. The molecule has 0 bridgehead atoms. The van der Waals surface area contributed by atoms with Crippen LogP contribution in [0.3, 0.4) is 0 Å². The van der Waals surface area contributed by atoms with Crippen LogP contribution in [0.25, 0.3) is 0 Å². The fraction of sp³-hybridized carbons (Fsp3) is 0.600. The molecule has 3 N–H and O–H groups in total. The average Bonchev–Trinajstić information content (AvgIpc) is 2.15. The van der Waals surface area contributed by atoms with Gasteiger partial charge in [0.1, 0.15) is 6.04 Å². The van der Waals surface area contributed by atoms with Crippen molar-refractivity contribution in [3.63, 3.8) is 0 Å². The third kappa shape index (κ3) is 7.69. The van der Waals surface area contributed by atoms with Crippen molar-refractivity contribution >= 4 is 11.9 Å². The number of carbonyl (C=O) groups is 2. The number of unbranched alkanes of at least 4 members (excludes halogenated alkanes) is 2. The molecule has 0 aliphatic heterocycles. The van der Waals surface area contributed by atoms with Crippen molar-refractivity contribution in [3.05, 3.63) is 12.2 Å². The molecule has 0 aromatic heterocycles. The highest BCUT2D eigenvalue weighted by Gasteiger charge is 2.13. The van der Waals surface area contributed by atoms with Gasteiger partial charge in [0.15, 0.2) is 0 Å². The standard InChI is InChI=1S/C10H17NO4/c1-2-3-4-5-6-8(10(14)15)11-7-9(12)13/h5-6,8,11H,2-4,7H2,1H3,(H,12,13)(H,14,15)/b6-5+. The van der Waals surface area contributed by atoms with Gasteiger partial charge in [-0.2, -0.15) is 0 Å². The summed E-state index contributed by atoms with van der Waals surface area (Å²) in [5.41, 5.74) is 0. The predicted molar refractivity (Wildman–Crippen MR) is 55.7 cm³/mol. The summed E-state index contributed by atoms with van der Waals surface area (Å²) in [5, 5.41) is 19.5. The quantitative estimate of drug-likeness (QED) is 0.413. The number of hydrogen-bond donors (Lipinski definition) is 3. The summed E-state index contributed by atoms with van der Waals surface area (Å²) in [4.78, 5) is 20.9. The van der Waals surface area contributed by atoms with E-state index in [0.29, 0.717) is 0 Å². The molecule has 0 radical (unpaired) electrons. The molecule has 1 atom stereocenters. The summed E-state index contributed by atoms with van der Waals surface area (Å²) < 4.78 is 0. The summed E-state index contributed by atoms with van der Waals surface area (Å²) >= 11 is 0. The number of hydrogen-bond acceptors (Lipinski definition) is 3. The molecule has 0 saturated heterocycles. The van der Waals surface area contributed by atoms with Crippen LogP contribution in [0.4, 0.5) is 0 Å². The maximum atomic E-state index is 10.7. The van der Waals surface area contributed by atoms with Crippen LogP contribution in [-0.4, -0.2) is 34.7 Å². The van der Waals surface area contributed by atoms with Gasteiger partial charge in [0.05, 0.1) is 6.54 Å². The second-order valence-corrected chi connectivity index (χ2v) is 3.16. The van der Waals surface area contributed by atoms with E-state index in [9.17, 15) is 9.59 Å². The van der Waals surface area contributed by atoms with Gasteiger partial charge in [-0.25, -0.2) is 0 Å². The molecule has 0 saturated carbocycles. The minimum absolute atomic E-state index is 0.352. The van der Waals surface area contributed by atoms with Gasteiger partial charge in [0, 0.05) is 0 Å². The van der Waals surface area contributed by atoms with Crippen LogP contribution in [0.2, 0.25) is 0 Å². The van der Waals surface area contributed by atoms with Gasteiger partial charge < -0.3 is 10.2 Å². The molecule has 86 valence electrons. The van der Waals surface area contributed by atoms with E-state index < -0.39 is 18.0 Å². The van der Waals surface area contributed by atoms with Crippen molar-refractivity contribution in [1.29, 1.82) is 0 Å². The molecular weight excluding hydrogens is 198 g/mol. The predicted octanol–water partition coefficient (Wildman–Crippen LogP) is 0.860. The van der Waals surface area contributed by atoms with Crippen LogP contribution >= 0.6 is 0 Å². The minimum Gasteiger partial charge on any atom is -0.480 e. The highest BCUT2D eigenvalue weighted by atomic mass is 16.4. The molecule has 0 aliphatic rings. The molecule has 1 unspecified atom stereocenters. The van der Waals surface area contributed by atoms with Crippen LogP contribution in [-0.2, 0) is 9.59 Å². The van der Waals surface area contributed by atoms with Crippen LogP contribution < -0.4 is 5.32 Å². The number of allylic oxidation sites excluding steroid dienone is 1. The first kappa shape index (κ1) is 13.6. The maximum absolute atomic E-state index is 10.7. The molecule has 0 heterocycles. The fourth-order valence-corrected chi connectivity index (χ4v) is 0.989. The molecule has 5 nitrogen and oxygen atoms in total. The number of nitrogens with one attached hydrogen (secondary N) is 1. The summed E-state index contributed by atoms with van der Waals surface area (Å²) in [7, 11) is 0. The molecule has 5 heteroatoms. The summed E-state index contributed by atoms with van der Waals surface area (Å²) in [6, 6.07) is -0.919. The molecule has 0 amide bonds. The van der Waals surface area contributed by atoms with E-state index in [0.717, 1.165) is 19.3 Å². The van der Waals surface area contributed by atoms with Gasteiger partial charge in [0.25, 0.3) is 0 Å². The first-order chi connectivity index (χ1) is 7.07. The summed E-state index contributed by atoms with van der Waals surface area (Å²) in [6.45, 7) is 1.69. The number of aliphatic carboxylic acids is 2. The number of carboxylic acid groups (broad SMARTS) is 2. The monoisotopic (exact) mass is 215 g/mol. The second kappa shape index (κ2) is 7.99. The Morgan fingerprint density at radius 3 is 2.53 bits per heavy atom. The third-order valence-electron chi connectivity index (χ3n) is 1.79. The Morgan fingerprint density at radius 1 is 1.40 bits per heavy atom. The minimum atomic E-state index is -1.07. The molecule has 15 heavy (non-hydrogen) atoms. The van der Waals surface area contributed by atoms with E-state index in [4.69, 9.17) is 10.2 Å². The van der Waals surface area contributed by atoms with Crippen molar-refractivity contribution in [3.8, 4) is 0 Å². The Morgan fingerprint density at radius 2 is 2.07 bits per heavy atom. The van der Waals surface area contributed by atoms with Gasteiger partial charge in [-0.05, 0) is 6.42 Å². The second-order valence-electron chi connectivity index (χ2n) is 3.16. The zero-order valence-electron chi connectivity index (χ0n) is 8.77. The van der Waals surface area contributed by atoms with Crippen molar-refractivity contribution < 1.29 is 19.8 Å². The zero-order chi connectivity index (χ0) is 11.7. The topological polar surface area (TPSA) is 86.6 Å². The van der Waals surface area contributed by atoms with Crippen LogP contribution in [0.1, 0.15) is 26.2 Å². The van der Waals surface area contributed by atoms with Gasteiger partial charge in [-0.3, -0.25) is 14.9 Å². The van der Waals surface area contributed by atoms with Crippen LogP contribution in [0.5, 0.6) is 0 Å². The Kier molecular flexibility index (Phi) is 7.27. The van der Waals surface area contributed by atoms with Gasteiger partial charge >= 0.3 is 11.9 Å².